The van der Waals surface area contributed by atoms with Crippen LogP contribution in [-0.4, -0.2) is 62.3 Å². The average molecular weight is 855 g/mol. The van der Waals surface area contributed by atoms with E-state index < -0.39 is 11.8 Å². The molecule has 6 aromatic heterocycles. The summed E-state index contributed by atoms with van der Waals surface area (Å²) in [6.07, 6.45) is 11.5. The maximum Gasteiger partial charge on any atom is 0.249 e. The maximum atomic E-state index is 12.1. The lowest BCUT2D eigenvalue weighted by atomic mass is 10.1. The summed E-state index contributed by atoms with van der Waals surface area (Å²) >= 11 is 7.73. The molecule has 16 heteroatoms. The van der Waals surface area contributed by atoms with Crippen LogP contribution >= 0.6 is 25.3 Å². The molecular formula is C44H42F4N8O2S2. The van der Waals surface area contributed by atoms with E-state index >= 15 is 0 Å². The Morgan fingerprint density at radius 3 is 1.58 bits per heavy atom. The molecule has 2 N–H and O–H groups in total. The Hall–Kier alpha value is -6.00. The Kier molecular flexibility index (Phi) is 14.4. The number of nitrogens with one attached hydrogen (secondary N) is 2. The molecule has 1 unspecified atom stereocenters. The highest BCUT2D eigenvalue weighted by Gasteiger charge is 2.37. The fraction of sp³-hybridized carbons (Fsp3) is 0.227. The van der Waals surface area contributed by atoms with Crippen molar-refractivity contribution in [3.8, 4) is 33.6 Å². The molecule has 8 aromatic rings. The number of halogens is 4. The topological polar surface area (TPSA) is 127 Å². The average Bonchev–Trinajstić information content (AvgIpc) is 3.97. The van der Waals surface area contributed by atoms with Gasteiger partial charge >= 0.3 is 0 Å². The smallest absolute Gasteiger partial charge is 0.249 e. The summed E-state index contributed by atoms with van der Waals surface area (Å²) in [4.78, 5) is 36.5. The largest absolute Gasteiger partial charge is 0.328 e. The summed E-state index contributed by atoms with van der Waals surface area (Å²) in [6, 6.07) is 30.3. The van der Waals surface area contributed by atoms with Gasteiger partial charge in [-0.1, -0.05) is 24.3 Å². The SMILES string of the molecule is CC(F)(F)CCCS.FC1(F)CCC(S)C1.O=c1ccc(-c2cccc(-n3ncc4cccnc43)c2)c[nH]1.O=c1ccc(-c2cccc(-n3ncc4cccnc43)c2)c[nH]1. The van der Waals surface area contributed by atoms with Crippen LogP contribution in [0.3, 0.4) is 0 Å². The molecule has 0 spiro atoms. The number of alkyl halides is 4. The van der Waals surface area contributed by atoms with Crippen LogP contribution in [0.15, 0.2) is 144 Å². The van der Waals surface area contributed by atoms with E-state index in [1.54, 1.807) is 49.3 Å². The molecule has 2 aromatic carbocycles. The molecule has 1 aliphatic carbocycles. The van der Waals surface area contributed by atoms with Gasteiger partial charge in [-0.05, 0) is 108 Å². The number of aromatic nitrogens is 8. The van der Waals surface area contributed by atoms with Gasteiger partial charge in [0.05, 0.1) is 23.8 Å². The fourth-order valence-electron chi connectivity index (χ4n) is 6.23. The van der Waals surface area contributed by atoms with Gasteiger partial charge < -0.3 is 9.97 Å². The molecule has 1 saturated carbocycles. The van der Waals surface area contributed by atoms with Crippen LogP contribution in [0.2, 0.25) is 0 Å². The summed E-state index contributed by atoms with van der Waals surface area (Å²) in [6.45, 7) is 0.927. The van der Waals surface area contributed by atoms with Crippen LogP contribution < -0.4 is 11.1 Å². The summed E-state index contributed by atoms with van der Waals surface area (Å²) in [5, 5.41) is 10.8. The summed E-state index contributed by atoms with van der Waals surface area (Å²) in [7, 11) is 0. The molecule has 10 nitrogen and oxygen atoms in total. The normalized spacial score (nSPS) is 14.3. The van der Waals surface area contributed by atoms with Crippen molar-refractivity contribution in [1.82, 2.24) is 39.5 Å². The van der Waals surface area contributed by atoms with E-state index in [4.69, 9.17) is 0 Å². The van der Waals surface area contributed by atoms with Gasteiger partial charge in [0, 0.05) is 72.2 Å². The number of pyridine rings is 4. The number of H-pyrrole nitrogens is 2. The molecule has 0 aliphatic heterocycles. The molecule has 60 heavy (non-hydrogen) atoms. The summed E-state index contributed by atoms with van der Waals surface area (Å²) < 4.78 is 51.7. The van der Waals surface area contributed by atoms with Gasteiger partial charge in [0.1, 0.15) is 0 Å². The van der Waals surface area contributed by atoms with E-state index in [1.807, 2.05) is 82.2 Å². The third kappa shape index (κ3) is 12.0. The second kappa shape index (κ2) is 19.8. The molecule has 1 aliphatic rings. The first-order valence-electron chi connectivity index (χ1n) is 19.0. The van der Waals surface area contributed by atoms with Gasteiger partial charge in [-0.15, -0.1) is 0 Å². The van der Waals surface area contributed by atoms with E-state index in [2.05, 4.69) is 55.4 Å². The third-order valence-corrected chi connectivity index (χ3v) is 9.98. The minimum absolute atomic E-state index is 0.0289. The maximum absolute atomic E-state index is 12.1. The van der Waals surface area contributed by atoms with E-state index in [0.717, 1.165) is 62.6 Å². The number of hydrogen-bond acceptors (Lipinski definition) is 8. The first-order valence-corrected chi connectivity index (χ1v) is 20.1. The molecule has 1 atom stereocenters. The van der Waals surface area contributed by atoms with E-state index in [-0.39, 0.29) is 35.6 Å². The van der Waals surface area contributed by atoms with E-state index in [0.29, 0.717) is 18.6 Å². The number of rotatable bonds is 7. The van der Waals surface area contributed by atoms with Gasteiger partial charge in [0.15, 0.2) is 11.3 Å². The number of thiol groups is 2. The highest BCUT2D eigenvalue weighted by Crippen LogP contribution is 2.37. The standard InChI is InChI=1S/2C17H12N4O.C5H8F2S.C5H10F2S/c2*22-16-7-6-13(10-19-16)12-3-1-5-15(9-12)21-17-14(11-20-21)4-2-8-18-17;6-5(7)2-1-4(8)3-5;1-5(6,7)3-2-4-8/h2*1-11H,(H,19,22);4,8H,1-3H2;8H,2-4H2,1H3. The second-order valence-corrected chi connectivity index (χ2v) is 15.3. The van der Waals surface area contributed by atoms with E-state index in [9.17, 15) is 27.2 Å². The van der Waals surface area contributed by atoms with Crippen molar-refractivity contribution < 1.29 is 17.6 Å². The molecular weight excluding hydrogens is 813 g/mol. The first-order chi connectivity index (χ1) is 28.8. The van der Waals surface area contributed by atoms with Crippen LogP contribution in [-0.2, 0) is 0 Å². The van der Waals surface area contributed by atoms with Crippen LogP contribution in [0.5, 0.6) is 0 Å². The highest BCUT2D eigenvalue weighted by molar-refractivity contribution is 7.81. The van der Waals surface area contributed by atoms with Crippen molar-refractivity contribution in [2.24, 2.45) is 0 Å². The number of fused-ring (bicyclic) bond motifs is 2. The Morgan fingerprint density at radius 2 is 1.23 bits per heavy atom. The van der Waals surface area contributed by atoms with Gasteiger partial charge in [0.2, 0.25) is 23.0 Å². The molecule has 310 valence electrons. The first kappa shape index (κ1) is 43.6. The van der Waals surface area contributed by atoms with Crippen molar-refractivity contribution in [3.63, 3.8) is 0 Å². The third-order valence-electron chi connectivity index (χ3n) is 9.23. The summed E-state index contributed by atoms with van der Waals surface area (Å²) in [5.74, 6) is -4.36. The Labute approximate surface area is 353 Å². The summed E-state index contributed by atoms with van der Waals surface area (Å²) in [5.41, 5.74) is 7.19. The van der Waals surface area contributed by atoms with Crippen LogP contribution in [0, 0.1) is 0 Å². The van der Waals surface area contributed by atoms with Crippen molar-refractivity contribution in [3.05, 3.63) is 155 Å². The zero-order valence-corrected chi connectivity index (χ0v) is 34.2. The van der Waals surface area contributed by atoms with Crippen LogP contribution in [0.1, 0.15) is 39.0 Å². The highest BCUT2D eigenvalue weighted by atomic mass is 32.1. The predicted octanol–water partition coefficient (Wildman–Crippen LogP) is 10.0. The second-order valence-electron chi connectivity index (χ2n) is 14.1. The zero-order chi connectivity index (χ0) is 42.7. The quantitative estimate of drug-likeness (QED) is 0.0934. The van der Waals surface area contributed by atoms with Crippen molar-refractivity contribution in [1.29, 1.82) is 0 Å². The van der Waals surface area contributed by atoms with E-state index in [1.165, 1.54) is 12.1 Å². The van der Waals surface area contributed by atoms with Crippen molar-refractivity contribution in [2.45, 2.75) is 56.1 Å². The Bertz CT molecular complexity index is 2560. The number of aromatic amines is 2. The van der Waals surface area contributed by atoms with Crippen molar-refractivity contribution >= 4 is 47.3 Å². The number of hydrogen-bond donors (Lipinski definition) is 4. The molecule has 1 fully saturated rings. The Balaban J connectivity index is 0.000000149. The van der Waals surface area contributed by atoms with Crippen LogP contribution in [0.4, 0.5) is 17.6 Å². The van der Waals surface area contributed by atoms with Gasteiger partial charge in [0.25, 0.3) is 0 Å². The molecule has 0 radical (unpaired) electrons. The predicted molar refractivity (Wildman–Crippen MR) is 235 cm³/mol. The minimum atomic E-state index is -2.50. The zero-order valence-electron chi connectivity index (χ0n) is 32.4. The van der Waals surface area contributed by atoms with Gasteiger partial charge in [-0.25, -0.2) is 36.9 Å². The lowest BCUT2D eigenvalue weighted by Gasteiger charge is -2.06. The van der Waals surface area contributed by atoms with Gasteiger partial charge in [-0.2, -0.15) is 35.5 Å². The monoisotopic (exact) mass is 854 g/mol. The number of nitrogens with zero attached hydrogens (tertiary/aromatic N) is 6. The molecule has 6 heterocycles. The molecule has 9 rings (SSSR count). The lowest BCUT2D eigenvalue weighted by Crippen LogP contribution is -2.09. The van der Waals surface area contributed by atoms with Gasteiger partial charge in [-0.3, -0.25) is 9.59 Å². The minimum Gasteiger partial charge on any atom is -0.328 e. The molecule has 0 saturated heterocycles. The molecule has 0 bridgehead atoms. The Morgan fingerprint density at radius 1 is 0.733 bits per heavy atom. The number of benzene rings is 2. The lowest BCUT2D eigenvalue weighted by molar-refractivity contribution is 0.00964. The van der Waals surface area contributed by atoms with Crippen molar-refractivity contribution in [2.75, 3.05) is 5.75 Å². The van der Waals surface area contributed by atoms with Crippen LogP contribution in [0.25, 0.3) is 55.7 Å². The molecule has 0 amide bonds. The fourth-order valence-corrected chi connectivity index (χ4v) is 6.79.